The van der Waals surface area contributed by atoms with E-state index in [1.807, 2.05) is 12.5 Å². The fraction of sp³-hybridized carbons (Fsp3) is 0.412. The van der Waals surface area contributed by atoms with E-state index in [9.17, 15) is 4.79 Å². The third-order valence-electron chi connectivity index (χ3n) is 5.23. The summed E-state index contributed by atoms with van der Waals surface area (Å²) in [6, 6.07) is 2.15. The molecule has 0 radical (unpaired) electrons. The number of thioether (sulfide) groups is 1. The number of rotatable bonds is 2. The lowest BCUT2D eigenvalue weighted by atomic mass is 9.78. The molecular formula is C17H17N5OS2. The Labute approximate surface area is 152 Å². The van der Waals surface area contributed by atoms with E-state index in [0.29, 0.717) is 0 Å². The Kier molecular flexibility index (Phi) is 3.40. The molecule has 1 saturated carbocycles. The van der Waals surface area contributed by atoms with Crippen LogP contribution in [-0.2, 0) is 5.54 Å². The van der Waals surface area contributed by atoms with Crippen molar-refractivity contribution in [3.8, 4) is 10.6 Å². The molecule has 128 valence electrons. The van der Waals surface area contributed by atoms with Crippen LogP contribution in [0.15, 0.2) is 17.4 Å². The van der Waals surface area contributed by atoms with Gasteiger partial charge in [0.25, 0.3) is 5.91 Å². The lowest BCUT2D eigenvalue weighted by Gasteiger charge is -2.33. The minimum absolute atomic E-state index is 0.0638. The van der Waals surface area contributed by atoms with Gasteiger partial charge in [0.2, 0.25) is 0 Å². The standard InChI is InChI=1S/C17H17N5OS2/c1-24-16-18-8-9-12(21-22-14(9)19-16)11-7-10-13(25-11)15(23)20-17(10)5-3-2-4-6-17/h7-8H,2-6H2,1H3,(H,20,23)(H,18,19,21,22). The van der Waals surface area contributed by atoms with Crippen LogP contribution in [-0.4, -0.2) is 32.3 Å². The Balaban J connectivity index is 1.62. The second-order valence-electron chi connectivity index (χ2n) is 6.64. The first-order valence-corrected chi connectivity index (χ1v) is 10.5. The van der Waals surface area contributed by atoms with Crippen LogP contribution in [0.2, 0.25) is 0 Å². The number of H-pyrrole nitrogens is 1. The number of hydrogen-bond acceptors (Lipinski definition) is 6. The first kappa shape index (κ1) is 15.3. The second kappa shape index (κ2) is 5.54. The summed E-state index contributed by atoms with van der Waals surface area (Å²) in [7, 11) is 0. The van der Waals surface area contributed by atoms with Gasteiger partial charge in [-0.2, -0.15) is 5.10 Å². The molecule has 0 aromatic carbocycles. The van der Waals surface area contributed by atoms with Crippen LogP contribution in [0.25, 0.3) is 21.6 Å². The molecule has 25 heavy (non-hydrogen) atoms. The molecule has 1 amide bonds. The molecule has 0 saturated heterocycles. The molecule has 0 bridgehead atoms. The van der Waals surface area contributed by atoms with Gasteiger partial charge < -0.3 is 5.32 Å². The number of hydrogen-bond donors (Lipinski definition) is 2. The van der Waals surface area contributed by atoms with E-state index in [2.05, 4.69) is 31.5 Å². The molecule has 2 N–H and O–H groups in total. The number of nitrogens with one attached hydrogen (secondary N) is 2. The van der Waals surface area contributed by atoms with E-state index in [1.165, 1.54) is 42.4 Å². The third-order valence-corrected chi connectivity index (χ3v) is 6.93. The third kappa shape index (κ3) is 2.23. The first-order chi connectivity index (χ1) is 12.2. The maximum absolute atomic E-state index is 12.5. The molecule has 3 aromatic rings. The average molecular weight is 371 g/mol. The summed E-state index contributed by atoms with van der Waals surface area (Å²) in [5.41, 5.74) is 2.57. The minimum Gasteiger partial charge on any atom is -0.342 e. The van der Waals surface area contributed by atoms with Crippen molar-refractivity contribution >= 4 is 40.0 Å². The van der Waals surface area contributed by atoms with Crippen molar-refractivity contribution in [3.63, 3.8) is 0 Å². The largest absolute Gasteiger partial charge is 0.342 e. The van der Waals surface area contributed by atoms with Crippen LogP contribution in [0.3, 0.4) is 0 Å². The number of thiophene rings is 1. The quantitative estimate of drug-likeness (QED) is 0.530. The van der Waals surface area contributed by atoms with Gasteiger partial charge in [0.05, 0.1) is 20.7 Å². The summed E-state index contributed by atoms with van der Waals surface area (Å²) in [4.78, 5) is 23.2. The number of carbonyl (C=O) groups excluding carboxylic acids is 1. The van der Waals surface area contributed by atoms with Crippen molar-refractivity contribution in [3.05, 3.63) is 22.7 Å². The highest BCUT2D eigenvalue weighted by atomic mass is 32.2. The summed E-state index contributed by atoms with van der Waals surface area (Å²) in [5.74, 6) is 0.0638. The van der Waals surface area contributed by atoms with Gasteiger partial charge in [0.1, 0.15) is 5.69 Å². The lowest BCUT2D eigenvalue weighted by molar-refractivity contribution is 0.0912. The molecule has 2 aliphatic rings. The fourth-order valence-electron chi connectivity index (χ4n) is 4.00. The van der Waals surface area contributed by atoms with Gasteiger partial charge in [-0.3, -0.25) is 9.89 Å². The van der Waals surface area contributed by atoms with Crippen molar-refractivity contribution in [1.82, 2.24) is 25.5 Å². The van der Waals surface area contributed by atoms with E-state index < -0.39 is 0 Å². The normalized spacial score (nSPS) is 18.7. The average Bonchev–Trinajstić information content (AvgIpc) is 3.31. The van der Waals surface area contributed by atoms with E-state index >= 15 is 0 Å². The Hall–Kier alpha value is -1.93. The van der Waals surface area contributed by atoms with Crippen molar-refractivity contribution in [2.24, 2.45) is 0 Å². The van der Waals surface area contributed by atoms with E-state index in [4.69, 9.17) is 0 Å². The second-order valence-corrected chi connectivity index (χ2v) is 8.47. The van der Waals surface area contributed by atoms with Crippen LogP contribution in [0.1, 0.15) is 47.3 Å². The van der Waals surface area contributed by atoms with Crippen molar-refractivity contribution in [1.29, 1.82) is 0 Å². The molecule has 3 aromatic heterocycles. The van der Waals surface area contributed by atoms with Crippen molar-refractivity contribution in [2.75, 3.05) is 6.26 Å². The zero-order valence-electron chi connectivity index (χ0n) is 13.8. The smallest absolute Gasteiger partial charge is 0.262 e. The summed E-state index contributed by atoms with van der Waals surface area (Å²) in [5, 5.41) is 12.3. The van der Waals surface area contributed by atoms with Crippen LogP contribution < -0.4 is 5.32 Å². The molecule has 5 rings (SSSR count). The molecule has 0 atom stereocenters. The van der Waals surface area contributed by atoms with Crippen LogP contribution in [0.5, 0.6) is 0 Å². The highest BCUT2D eigenvalue weighted by molar-refractivity contribution is 7.98. The predicted molar refractivity (Wildman–Crippen MR) is 99.0 cm³/mol. The Morgan fingerprint density at radius 1 is 1.28 bits per heavy atom. The number of nitrogens with zero attached hydrogens (tertiary/aromatic N) is 3. The number of amides is 1. The zero-order chi connectivity index (χ0) is 17.0. The lowest BCUT2D eigenvalue weighted by Crippen LogP contribution is -2.40. The molecule has 1 aliphatic carbocycles. The highest BCUT2D eigenvalue weighted by Gasteiger charge is 2.45. The molecule has 1 fully saturated rings. The van der Waals surface area contributed by atoms with Gasteiger partial charge in [0, 0.05) is 11.8 Å². The summed E-state index contributed by atoms with van der Waals surface area (Å²) >= 11 is 3.03. The van der Waals surface area contributed by atoms with Gasteiger partial charge in [-0.25, -0.2) is 9.97 Å². The van der Waals surface area contributed by atoms with Crippen molar-refractivity contribution < 1.29 is 4.79 Å². The SMILES string of the molecule is CSc1ncc2c(-c3cc4c(s3)C(=O)NC43CCCCC3)n[nH]c2n1. The number of carbonyl (C=O) groups is 1. The summed E-state index contributed by atoms with van der Waals surface area (Å²) in [6.07, 6.45) is 9.41. The zero-order valence-corrected chi connectivity index (χ0v) is 15.4. The maximum Gasteiger partial charge on any atom is 0.262 e. The number of fused-ring (bicyclic) bond motifs is 3. The number of aromatic amines is 1. The number of aromatic nitrogens is 4. The summed E-state index contributed by atoms with van der Waals surface area (Å²) in [6.45, 7) is 0. The molecule has 8 heteroatoms. The van der Waals surface area contributed by atoms with E-state index in [-0.39, 0.29) is 11.4 Å². The molecular weight excluding hydrogens is 354 g/mol. The molecule has 0 unspecified atom stereocenters. The highest BCUT2D eigenvalue weighted by Crippen LogP contribution is 2.47. The van der Waals surface area contributed by atoms with Gasteiger partial charge in [-0.1, -0.05) is 31.0 Å². The van der Waals surface area contributed by atoms with Gasteiger partial charge in [-0.15, -0.1) is 11.3 Å². The predicted octanol–water partition coefficient (Wildman–Crippen LogP) is 3.71. The maximum atomic E-state index is 12.5. The van der Waals surface area contributed by atoms with E-state index in [1.54, 1.807) is 0 Å². The summed E-state index contributed by atoms with van der Waals surface area (Å²) < 4.78 is 0. The van der Waals surface area contributed by atoms with Crippen LogP contribution >= 0.6 is 23.1 Å². The monoisotopic (exact) mass is 371 g/mol. The van der Waals surface area contributed by atoms with Crippen molar-refractivity contribution in [2.45, 2.75) is 42.8 Å². The Bertz CT molecular complexity index is 986. The molecule has 6 nitrogen and oxygen atoms in total. The Morgan fingerprint density at radius 3 is 2.92 bits per heavy atom. The van der Waals surface area contributed by atoms with Gasteiger partial charge in [-0.05, 0) is 25.2 Å². The minimum atomic E-state index is -0.159. The first-order valence-electron chi connectivity index (χ1n) is 8.42. The Morgan fingerprint density at radius 2 is 2.12 bits per heavy atom. The molecule has 1 aliphatic heterocycles. The fourth-order valence-corrected chi connectivity index (χ4v) is 5.50. The van der Waals surface area contributed by atoms with Gasteiger partial charge in [0.15, 0.2) is 10.8 Å². The molecule has 1 spiro atoms. The van der Waals surface area contributed by atoms with Gasteiger partial charge >= 0.3 is 0 Å². The van der Waals surface area contributed by atoms with E-state index in [0.717, 1.165) is 50.0 Å². The van der Waals surface area contributed by atoms with Crippen LogP contribution in [0.4, 0.5) is 0 Å². The topological polar surface area (TPSA) is 83.6 Å². The van der Waals surface area contributed by atoms with Crippen LogP contribution in [0, 0.1) is 0 Å². The molecule has 4 heterocycles.